The first kappa shape index (κ1) is 18.8. The third kappa shape index (κ3) is 3.49. The molecule has 150 valence electrons. The number of carbonyl (C=O) groups excluding carboxylic acids is 1. The molecule has 0 aliphatic heterocycles. The van der Waals surface area contributed by atoms with E-state index >= 15 is 0 Å². The van der Waals surface area contributed by atoms with Crippen LogP contribution in [0.25, 0.3) is 32.9 Å². The van der Waals surface area contributed by atoms with Gasteiger partial charge in [-0.2, -0.15) is 0 Å². The van der Waals surface area contributed by atoms with Gasteiger partial charge in [0.25, 0.3) is 5.91 Å². The second kappa shape index (κ2) is 7.58. The van der Waals surface area contributed by atoms with E-state index in [-0.39, 0.29) is 17.2 Å². The van der Waals surface area contributed by atoms with Crippen molar-refractivity contribution in [1.82, 2.24) is 0 Å². The van der Waals surface area contributed by atoms with Gasteiger partial charge in [-0.05, 0) is 47.5 Å². The second-order valence-electron chi connectivity index (χ2n) is 7.52. The van der Waals surface area contributed by atoms with Crippen molar-refractivity contribution in [2.24, 2.45) is 0 Å². The lowest BCUT2D eigenvalue weighted by atomic mass is 10.0. The fourth-order valence-corrected chi connectivity index (χ4v) is 3.72. The van der Waals surface area contributed by atoms with Gasteiger partial charge in [0, 0.05) is 5.56 Å². The topological polar surface area (TPSA) is 59.3 Å². The van der Waals surface area contributed by atoms with Crippen molar-refractivity contribution >= 4 is 33.5 Å². The zero-order valence-corrected chi connectivity index (χ0v) is 16.9. The van der Waals surface area contributed by atoms with E-state index in [1.165, 1.54) is 0 Å². The maximum Gasteiger partial charge on any atom is 0.257 e. The van der Waals surface area contributed by atoms with E-state index in [2.05, 4.69) is 5.32 Å². The molecule has 0 saturated heterocycles. The summed E-state index contributed by atoms with van der Waals surface area (Å²) >= 11 is 0. The molecule has 0 aliphatic carbocycles. The Labute approximate surface area is 178 Å². The monoisotopic (exact) mass is 405 g/mol. The first-order valence-corrected chi connectivity index (χ1v) is 10.0. The molecule has 0 atom stereocenters. The number of rotatable bonds is 3. The first-order valence-electron chi connectivity index (χ1n) is 10.0. The van der Waals surface area contributed by atoms with E-state index in [9.17, 15) is 9.59 Å². The summed E-state index contributed by atoms with van der Waals surface area (Å²) in [6.45, 7) is 1.96. The molecule has 1 N–H and O–H groups in total. The van der Waals surface area contributed by atoms with Crippen LogP contribution < -0.4 is 10.7 Å². The van der Waals surface area contributed by atoms with Crippen molar-refractivity contribution in [2.75, 3.05) is 5.32 Å². The standard InChI is InChI=1S/C27H19NO3/c1-17-11-13-19(14-12-17)26(30)28-27-24(18-7-3-2-4-8-18)25(29)22-15-20-9-5-6-10-21(20)16-23(22)31-27/h2-16H,1H3,(H,28,30). The zero-order valence-electron chi connectivity index (χ0n) is 16.9. The van der Waals surface area contributed by atoms with Crippen molar-refractivity contribution in [3.8, 4) is 11.1 Å². The molecular weight excluding hydrogens is 386 g/mol. The minimum Gasteiger partial charge on any atom is -0.439 e. The molecule has 5 aromatic rings. The summed E-state index contributed by atoms with van der Waals surface area (Å²) in [4.78, 5) is 26.4. The quantitative estimate of drug-likeness (QED) is 0.365. The average molecular weight is 405 g/mol. The molecule has 0 spiro atoms. The van der Waals surface area contributed by atoms with Crippen LogP contribution in [0.2, 0.25) is 0 Å². The van der Waals surface area contributed by atoms with Gasteiger partial charge in [-0.25, -0.2) is 0 Å². The van der Waals surface area contributed by atoms with Gasteiger partial charge >= 0.3 is 0 Å². The number of amides is 1. The van der Waals surface area contributed by atoms with Crippen molar-refractivity contribution < 1.29 is 9.21 Å². The number of anilines is 1. The molecule has 1 heterocycles. The van der Waals surface area contributed by atoms with Gasteiger partial charge < -0.3 is 4.42 Å². The highest BCUT2D eigenvalue weighted by atomic mass is 16.4. The molecule has 0 saturated carbocycles. The van der Waals surface area contributed by atoms with Crippen LogP contribution in [0.15, 0.2) is 100 Å². The van der Waals surface area contributed by atoms with Gasteiger partial charge in [0.1, 0.15) is 5.58 Å². The molecule has 0 bridgehead atoms. The molecule has 0 unspecified atom stereocenters. The number of fused-ring (bicyclic) bond motifs is 2. The molecule has 1 amide bonds. The fraction of sp³-hybridized carbons (Fsp3) is 0.0370. The van der Waals surface area contributed by atoms with E-state index in [4.69, 9.17) is 4.42 Å². The summed E-state index contributed by atoms with van der Waals surface area (Å²) in [5.74, 6) is -0.190. The number of benzene rings is 4. The van der Waals surface area contributed by atoms with Crippen LogP contribution >= 0.6 is 0 Å². The number of aryl methyl sites for hydroxylation is 1. The summed E-state index contributed by atoms with van der Waals surface area (Å²) in [6, 6.07) is 28.0. The zero-order chi connectivity index (χ0) is 21.4. The molecule has 4 nitrogen and oxygen atoms in total. The molecule has 4 aromatic carbocycles. The van der Waals surface area contributed by atoms with E-state index in [1.807, 2.05) is 85.8 Å². The van der Waals surface area contributed by atoms with E-state index in [0.29, 0.717) is 27.7 Å². The van der Waals surface area contributed by atoms with Gasteiger partial charge in [0.2, 0.25) is 11.3 Å². The number of nitrogens with one attached hydrogen (secondary N) is 1. The maximum atomic E-state index is 13.5. The van der Waals surface area contributed by atoms with Gasteiger partial charge in [-0.1, -0.05) is 72.3 Å². The Morgan fingerprint density at radius 3 is 2.16 bits per heavy atom. The van der Waals surface area contributed by atoms with Gasteiger partial charge in [0.15, 0.2) is 0 Å². The highest BCUT2D eigenvalue weighted by Gasteiger charge is 2.19. The highest BCUT2D eigenvalue weighted by molar-refractivity contribution is 6.06. The van der Waals surface area contributed by atoms with Gasteiger partial charge in [-0.3, -0.25) is 14.9 Å². The highest BCUT2D eigenvalue weighted by Crippen LogP contribution is 2.31. The number of hydrogen-bond donors (Lipinski definition) is 1. The van der Waals surface area contributed by atoms with Gasteiger partial charge in [0.05, 0.1) is 10.9 Å². The lowest BCUT2D eigenvalue weighted by molar-refractivity contribution is 0.102. The predicted molar refractivity (Wildman–Crippen MR) is 125 cm³/mol. The third-order valence-electron chi connectivity index (χ3n) is 5.36. The Kier molecular flexibility index (Phi) is 4.60. The molecule has 4 heteroatoms. The third-order valence-corrected chi connectivity index (χ3v) is 5.36. The first-order chi connectivity index (χ1) is 15.1. The van der Waals surface area contributed by atoms with Crippen molar-refractivity contribution in [2.45, 2.75) is 6.92 Å². The Balaban J connectivity index is 1.73. The summed E-state index contributed by atoms with van der Waals surface area (Å²) < 4.78 is 6.12. The Morgan fingerprint density at radius 2 is 1.45 bits per heavy atom. The van der Waals surface area contributed by atoms with E-state index in [0.717, 1.165) is 16.3 Å². The van der Waals surface area contributed by atoms with Crippen LogP contribution in [0.5, 0.6) is 0 Å². The molecule has 0 radical (unpaired) electrons. The maximum absolute atomic E-state index is 13.5. The Bertz CT molecular complexity index is 1480. The number of carbonyl (C=O) groups is 1. The van der Waals surface area contributed by atoms with E-state index in [1.54, 1.807) is 12.1 Å². The minimum atomic E-state index is -0.333. The minimum absolute atomic E-state index is 0.143. The summed E-state index contributed by atoms with van der Waals surface area (Å²) in [7, 11) is 0. The van der Waals surface area contributed by atoms with Crippen molar-refractivity contribution in [3.05, 3.63) is 112 Å². The number of hydrogen-bond acceptors (Lipinski definition) is 3. The molecular formula is C27H19NO3. The van der Waals surface area contributed by atoms with E-state index < -0.39 is 0 Å². The average Bonchev–Trinajstić information content (AvgIpc) is 2.79. The molecule has 0 aliphatic rings. The van der Waals surface area contributed by atoms with Crippen LogP contribution in [0.1, 0.15) is 15.9 Å². The molecule has 0 fully saturated rings. The smallest absolute Gasteiger partial charge is 0.257 e. The second-order valence-corrected chi connectivity index (χ2v) is 7.52. The fourth-order valence-electron chi connectivity index (χ4n) is 3.72. The van der Waals surface area contributed by atoms with Crippen LogP contribution in [0.3, 0.4) is 0 Å². The van der Waals surface area contributed by atoms with Crippen LogP contribution in [0.4, 0.5) is 5.88 Å². The van der Waals surface area contributed by atoms with Gasteiger partial charge in [-0.15, -0.1) is 0 Å². The van der Waals surface area contributed by atoms with Crippen molar-refractivity contribution in [3.63, 3.8) is 0 Å². The normalized spacial score (nSPS) is 11.0. The summed E-state index contributed by atoms with van der Waals surface area (Å²) in [5, 5.41) is 5.21. The molecule has 31 heavy (non-hydrogen) atoms. The lowest BCUT2D eigenvalue weighted by Crippen LogP contribution is -2.16. The van der Waals surface area contributed by atoms with Crippen LogP contribution in [0, 0.1) is 6.92 Å². The van der Waals surface area contributed by atoms with Crippen LogP contribution in [-0.2, 0) is 0 Å². The molecule has 5 rings (SSSR count). The molecule has 1 aromatic heterocycles. The van der Waals surface area contributed by atoms with Crippen molar-refractivity contribution in [1.29, 1.82) is 0 Å². The lowest BCUT2D eigenvalue weighted by Gasteiger charge is -2.12. The summed E-state index contributed by atoms with van der Waals surface area (Å²) in [6.07, 6.45) is 0. The Morgan fingerprint density at radius 1 is 0.806 bits per heavy atom. The largest absolute Gasteiger partial charge is 0.439 e. The SMILES string of the molecule is Cc1ccc(C(=O)Nc2oc3cc4ccccc4cc3c(=O)c2-c2ccccc2)cc1. The predicted octanol–water partition coefficient (Wildman–Crippen LogP) is 6.17. The summed E-state index contributed by atoms with van der Waals surface area (Å²) in [5.41, 5.74) is 2.82. The van der Waals surface area contributed by atoms with Crippen LogP contribution in [-0.4, -0.2) is 5.91 Å². The Hall–Kier alpha value is -4.18.